The number of hydrogen-bond acceptors (Lipinski definition) is 2. The average molecular weight is 297 g/mol. The quantitative estimate of drug-likeness (QED) is 0.887. The summed E-state index contributed by atoms with van der Waals surface area (Å²) >= 11 is 0. The van der Waals surface area contributed by atoms with Crippen LogP contribution in [-0.4, -0.2) is 35.1 Å². The number of likely N-dealkylation sites (tertiary alicyclic amines) is 1. The van der Waals surface area contributed by atoms with Gasteiger partial charge in [-0.1, -0.05) is 24.6 Å². The minimum Gasteiger partial charge on any atom is -0.358 e. The fourth-order valence-corrected chi connectivity index (χ4v) is 4.33. The molecule has 2 aliphatic heterocycles. The van der Waals surface area contributed by atoms with Gasteiger partial charge in [-0.15, -0.1) is 0 Å². The maximum Gasteiger partial charge on any atom is 0.0477 e. The highest BCUT2D eigenvalue weighted by Crippen LogP contribution is 2.36. The molecule has 1 atom stereocenters. The average Bonchev–Trinajstić information content (AvgIpc) is 2.84. The van der Waals surface area contributed by atoms with Crippen molar-refractivity contribution in [3.63, 3.8) is 0 Å². The number of nitrogens with zero attached hydrogens (tertiary/aromatic N) is 1. The van der Waals surface area contributed by atoms with E-state index >= 15 is 0 Å². The lowest BCUT2D eigenvalue weighted by Crippen LogP contribution is -2.51. The summed E-state index contributed by atoms with van der Waals surface area (Å²) in [5.41, 5.74) is 4.40. The summed E-state index contributed by atoms with van der Waals surface area (Å²) < 4.78 is 0. The summed E-state index contributed by atoms with van der Waals surface area (Å²) in [5.74, 6) is 0. The van der Waals surface area contributed by atoms with E-state index in [4.69, 9.17) is 0 Å². The van der Waals surface area contributed by atoms with Crippen LogP contribution in [0.2, 0.25) is 0 Å². The third-order valence-electron chi connectivity index (χ3n) is 5.25. The van der Waals surface area contributed by atoms with Crippen LogP contribution in [0.25, 0.3) is 10.9 Å². The number of aromatic nitrogens is 1. The zero-order valence-corrected chi connectivity index (χ0v) is 13.8. The largest absolute Gasteiger partial charge is 0.358 e. The highest BCUT2D eigenvalue weighted by Gasteiger charge is 2.34. The van der Waals surface area contributed by atoms with E-state index in [0.717, 1.165) is 13.0 Å². The van der Waals surface area contributed by atoms with E-state index in [1.54, 1.807) is 0 Å². The van der Waals surface area contributed by atoms with Crippen molar-refractivity contribution in [2.75, 3.05) is 19.6 Å². The van der Waals surface area contributed by atoms with Gasteiger partial charge in [0.15, 0.2) is 0 Å². The zero-order chi connectivity index (χ0) is 15.2. The molecule has 1 aromatic heterocycles. The van der Waals surface area contributed by atoms with Gasteiger partial charge in [0, 0.05) is 41.1 Å². The number of fused-ring (bicyclic) bond motifs is 3. The minimum absolute atomic E-state index is 0.161. The van der Waals surface area contributed by atoms with Crippen LogP contribution in [0.15, 0.2) is 24.3 Å². The first-order chi connectivity index (χ1) is 10.6. The van der Waals surface area contributed by atoms with Crippen LogP contribution in [0.1, 0.15) is 50.4 Å². The molecule has 1 unspecified atom stereocenters. The molecule has 2 aliphatic rings. The molecule has 2 aromatic rings. The van der Waals surface area contributed by atoms with Crippen molar-refractivity contribution in [1.29, 1.82) is 0 Å². The molecule has 4 rings (SSSR count). The van der Waals surface area contributed by atoms with Crippen LogP contribution in [0.4, 0.5) is 0 Å². The molecule has 3 heterocycles. The Bertz CT molecular complexity index is 664. The van der Waals surface area contributed by atoms with Gasteiger partial charge in [-0.25, -0.2) is 0 Å². The van der Waals surface area contributed by atoms with E-state index in [-0.39, 0.29) is 5.54 Å². The van der Waals surface area contributed by atoms with Crippen LogP contribution in [0.5, 0.6) is 0 Å². The molecular weight excluding hydrogens is 270 g/mol. The molecule has 118 valence electrons. The highest BCUT2D eigenvalue weighted by molar-refractivity contribution is 5.85. The van der Waals surface area contributed by atoms with E-state index in [1.807, 2.05) is 0 Å². The van der Waals surface area contributed by atoms with Crippen molar-refractivity contribution in [3.05, 3.63) is 35.5 Å². The summed E-state index contributed by atoms with van der Waals surface area (Å²) in [6.07, 6.45) is 5.19. The van der Waals surface area contributed by atoms with E-state index in [9.17, 15) is 0 Å². The fourth-order valence-electron chi connectivity index (χ4n) is 4.33. The standard InChI is InChI=1S/C19H27N3/c1-19(2)12-16-18(14-8-4-5-9-15(14)20-16)17(21-19)13-22-10-6-3-7-11-22/h4-5,8-9,17,20-21H,3,6-7,10-13H2,1-2H3. The van der Waals surface area contributed by atoms with Crippen LogP contribution < -0.4 is 5.32 Å². The first-order valence-electron chi connectivity index (χ1n) is 8.72. The highest BCUT2D eigenvalue weighted by atomic mass is 15.2. The summed E-state index contributed by atoms with van der Waals surface area (Å²) in [5, 5.41) is 5.32. The first-order valence-corrected chi connectivity index (χ1v) is 8.72. The van der Waals surface area contributed by atoms with E-state index in [0.29, 0.717) is 6.04 Å². The van der Waals surface area contributed by atoms with E-state index < -0.39 is 0 Å². The molecule has 1 aromatic carbocycles. The Morgan fingerprint density at radius 3 is 2.73 bits per heavy atom. The molecule has 1 saturated heterocycles. The maximum atomic E-state index is 3.91. The number of piperidine rings is 1. The lowest BCUT2D eigenvalue weighted by molar-refractivity contribution is 0.182. The molecule has 3 nitrogen and oxygen atoms in total. The summed E-state index contributed by atoms with van der Waals surface area (Å²) in [7, 11) is 0. The monoisotopic (exact) mass is 297 g/mol. The normalized spacial score (nSPS) is 25.3. The van der Waals surface area contributed by atoms with Gasteiger partial charge in [-0.3, -0.25) is 0 Å². The van der Waals surface area contributed by atoms with Crippen LogP contribution >= 0.6 is 0 Å². The Balaban J connectivity index is 1.71. The number of H-pyrrole nitrogens is 1. The zero-order valence-electron chi connectivity index (χ0n) is 13.8. The number of rotatable bonds is 2. The molecule has 0 saturated carbocycles. The Kier molecular flexibility index (Phi) is 3.50. The molecule has 2 N–H and O–H groups in total. The Morgan fingerprint density at radius 2 is 1.91 bits per heavy atom. The molecule has 0 bridgehead atoms. The van der Waals surface area contributed by atoms with Gasteiger partial charge in [0.05, 0.1) is 0 Å². The van der Waals surface area contributed by atoms with Crippen molar-refractivity contribution in [3.8, 4) is 0 Å². The van der Waals surface area contributed by atoms with Crippen molar-refractivity contribution >= 4 is 10.9 Å². The van der Waals surface area contributed by atoms with Crippen LogP contribution in [0, 0.1) is 0 Å². The molecule has 0 amide bonds. The van der Waals surface area contributed by atoms with Gasteiger partial charge in [0.25, 0.3) is 0 Å². The van der Waals surface area contributed by atoms with Crippen molar-refractivity contribution < 1.29 is 0 Å². The summed E-state index contributed by atoms with van der Waals surface area (Å²) in [6.45, 7) is 8.31. The second-order valence-corrected chi connectivity index (χ2v) is 7.68. The Labute approximate surface area is 133 Å². The summed E-state index contributed by atoms with van der Waals surface area (Å²) in [4.78, 5) is 6.33. The lowest BCUT2D eigenvalue weighted by Gasteiger charge is -2.40. The molecular formula is C19H27N3. The van der Waals surface area contributed by atoms with Crippen molar-refractivity contribution in [2.45, 2.75) is 51.1 Å². The Hall–Kier alpha value is -1.32. The van der Waals surface area contributed by atoms with Gasteiger partial charge < -0.3 is 15.2 Å². The van der Waals surface area contributed by atoms with Crippen LogP contribution in [-0.2, 0) is 6.42 Å². The van der Waals surface area contributed by atoms with E-state index in [2.05, 4.69) is 53.3 Å². The predicted molar refractivity (Wildman–Crippen MR) is 92.2 cm³/mol. The predicted octanol–water partition coefficient (Wildman–Crippen LogP) is 3.62. The third-order valence-corrected chi connectivity index (χ3v) is 5.25. The second-order valence-electron chi connectivity index (χ2n) is 7.68. The molecule has 0 spiro atoms. The topological polar surface area (TPSA) is 31.1 Å². The number of benzene rings is 1. The number of hydrogen-bond donors (Lipinski definition) is 2. The second kappa shape index (κ2) is 5.39. The molecule has 1 fully saturated rings. The smallest absolute Gasteiger partial charge is 0.0477 e. The molecule has 0 aliphatic carbocycles. The SMILES string of the molecule is CC1(C)Cc2[nH]c3ccccc3c2C(CN2CCCCC2)N1. The van der Waals surface area contributed by atoms with Crippen LogP contribution in [0.3, 0.4) is 0 Å². The third kappa shape index (κ3) is 2.57. The first kappa shape index (κ1) is 14.3. The maximum absolute atomic E-state index is 3.91. The number of nitrogens with one attached hydrogen (secondary N) is 2. The van der Waals surface area contributed by atoms with Gasteiger partial charge in [0.1, 0.15) is 0 Å². The Morgan fingerprint density at radius 1 is 1.14 bits per heavy atom. The van der Waals surface area contributed by atoms with Gasteiger partial charge >= 0.3 is 0 Å². The summed E-state index contributed by atoms with van der Waals surface area (Å²) in [6, 6.07) is 9.20. The molecule has 0 radical (unpaired) electrons. The van der Waals surface area contributed by atoms with Gasteiger partial charge in [0.2, 0.25) is 0 Å². The van der Waals surface area contributed by atoms with Gasteiger partial charge in [-0.05, 0) is 51.4 Å². The lowest BCUT2D eigenvalue weighted by atomic mass is 9.86. The van der Waals surface area contributed by atoms with E-state index in [1.165, 1.54) is 54.5 Å². The fraction of sp³-hybridized carbons (Fsp3) is 0.579. The van der Waals surface area contributed by atoms with Gasteiger partial charge in [-0.2, -0.15) is 0 Å². The molecule has 3 heteroatoms. The van der Waals surface area contributed by atoms with Crippen molar-refractivity contribution in [2.24, 2.45) is 0 Å². The molecule has 22 heavy (non-hydrogen) atoms. The van der Waals surface area contributed by atoms with Crippen molar-refractivity contribution in [1.82, 2.24) is 15.2 Å². The number of aromatic amines is 1. The number of para-hydroxylation sites is 1. The minimum atomic E-state index is 0.161.